The molecule has 1 atom stereocenters. The average Bonchev–Trinajstić information content (AvgIpc) is 2.19. The molecule has 1 aromatic rings. The van der Waals surface area contributed by atoms with Crippen molar-refractivity contribution in [1.29, 1.82) is 0 Å². The van der Waals surface area contributed by atoms with Crippen LogP contribution in [-0.4, -0.2) is 19.0 Å². The molecule has 4 nitrogen and oxygen atoms in total. The minimum absolute atomic E-state index is 0.198. The van der Waals surface area contributed by atoms with Crippen molar-refractivity contribution in [2.45, 2.75) is 13.0 Å². The van der Waals surface area contributed by atoms with Gasteiger partial charge in [-0.3, -0.25) is 15.2 Å². The van der Waals surface area contributed by atoms with E-state index in [4.69, 9.17) is 5.73 Å². The van der Waals surface area contributed by atoms with Gasteiger partial charge in [0.2, 0.25) is 0 Å². The summed E-state index contributed by atoms with van der Waals surface area (Å²) in [7, 11) is 1.77. The Balaban J connectivity index is 2.59. The summed E-state index contributed by atoms with van der Waals surface area (Å²) >= 11 is 0. The predicted molar refractivity (Wildman–Crippen MR) is 56.6 cm³/mol. The lowest BCUT2D eigenvalue weighted by Gasteiger charge is -2.21. The van der Waals surface area contributed by atoms with Crippen molar-refractivity contribution in [2.24, 2.45) is 5.73 Å². The van der Waals surface area contributed by atoms with Crippen LogP contribution in [0.15, 0.2) is 30.3 Å². The number of hydrazine groups is 1. The highest BCUT2D eigenvalue weighted by Crippen LogP contribution is 2.08. The van der Waals surface area contributed by atoms with E-state index in [1.807, 2.05) is 30.3 Å². The van der Waals surface area contributed by atoms with Crippen LogP contribution >= 0.6 is 0 Å². The first kappa shape index (κ1) is 10.5. The Hall–Kier alpha value is -1.55. The third kappa shape index (κ3) is 2.74. The largest absolute Gasteiger partial charge is 0.320 e. The van der Waals surface area contributed by atoms with Crippen molar-refractivity contribution in [3.05, 3.63) is 30.3 Å². The summed E-state index contributed by atoms with van der Waals surface area (Å²) in [6, 6.07) is 9.04. The van der Waals surface area contributed by atoms with Gasteiger partial charge in [0.05, 0.1) is 11.7 Å². The smallest absolute Gasteiger partial charge is 0.255 e. The molecule has 1 aromatic carbocycles. The summed E-state index contributed by atoms with van der Waals surface area (Å²) in [5, 5.41) is 1.64. The Bertz CT molecular complexity index is 297. The molecular weight excluding hydrogens is 178 g/mol. The molecule has 0 unspecified atom stereocenters. The number of para-hydroxylation sites is 1. The molecule has 0 aliphatic heterocycles. The lowest BCUT2D eigenvalue weighted by atomic mass is 10.3. The average molecular weight is 193 g/mol. The second kappa shape index (κ2) is 4.62. The molecule has 0 bridgehead atoms. The minimum Gasteiger partial charge on any atom is -0.320 e. The van der Waals surface area contributed by atoms with Crippen LogP contribution in [0.1, 0.15) is 6.92 Å². The summed E-state index contributed by atoms with van der Waals surface area (Å²) in [4.78, 5) is 11.2. The fraction of sp³-hybridized carbons (Fsp3) is 0.300. The number of benzene rings is 1. The van der Waals surface area contributed by atoms with Crippen LogP contribution in [0.5, 0.6) is 0 Å². The summed E-state index contributed by atoms with van der Waals surface area (Å²) in [5.74, 6) is -0.198. The molecule has 0 radical (unpaired) electrons. The van der Waals surface area contributed by atoms with Crippen molar-refractivity contribution in [1.82, 2.24) is 5.43 Å². The quantitative estimate of drug-likeness (QED) is 0.687. The zero-order valence-electron chi connectivity index (χ0n) is 8.40. The standard InChI is InChI=1S/C10H15N3O/c1-8(11)10(14)12-13(2)9-6-4-3-5-7-9/h3-8H,11H2,1-2H3,(H,12,14)/t8-/m1/s1. The van der Waals surface area contributed by atoms with Gasteiger partial charge in [-0.15, -0.1) is 0 Å². The molecule has 0 aliphatic carbocycles. The lowest BCUT2D eigenvalue weighted by Crippen LogP contribution is -2.46. The SMILES string of the molecule is C[C@@H](N)C(=O)NN(C)c1ccccc1. The number of carbonyl (C=O) groups is 1. The normalized spacial score (nSPS) is 11.9. The van der Waals surface area contributed by atoms with E-state index in [-0.39, 0.29) is 5.91 Å². The maximum atomic E-state index is 11.2. The first-order valence-electron chi connectivity index (χ1n) is 4.46. The fourth-order valence-corrected chi connectivity index (χ4v) is 0.983. The molecule has 0 heterocycles. The third-order valence-electron chi connectivity index (χ3n) is 1.83. The highest BCUT2D eigenvalue weighted by atomic mass is 16.2. The number of amides is 1. The van der Waals surface area contributed by atoms with E-state index in [0.29, 0.717) is 0 Å². The van der Waals surface area contributed by atoms with Gasteiger partial charge in [-0.25, -0.2) is 0 Å². The maximum absolute atomic E-state index is 11.2. The van der Waals surface area contributed by atoms with E-state index >= 15 is 0 Å². The van der Waals surface area contributed by atoms with E-state index in [9.17, 15) is 4.79 Å². The Morgan fingerprint density at radius 3 is 2.50 bits per heavy atom. The highest BCUT2D eigenvalue weighted by molar-refractivity contribution is 5.82. The Labute approximate surface area is 83.7 Å². The number of rotatable bonds is 3. The van der Waals surface area contributed by atoms with Crippen LogP contribution < -0.4 is 16.2 Å². The lowest BCUT2D eigenvalue weighted by molar-refractivity contribution is -0.122. The van der Waals surface area contributed by atoms with Crippen molar-refractivity contribution in [3.8, 4) is 0 Å². The summed E-state index contributed by atoms with van der Waals surface area (Å²) in [6.45, 7) is 1.65. The van der Waals surface area contributed by atoms with E-state index < -0.39 is 6.04 Å². The molecule has 14 heavy (non-hydrogen) atoms. The van der Waals surface area contributed by atoms with Crippen LogP contribution in [-0.2, 0) is 4.79 Å². The molecular formula is C10H15N3O. The van der Waals surface area contributed by atoms with E-state index in [2.05, 4.69) is 5.43 Å². The van der Waals surface area contributed by atoms with Crippen LogP contribution in [0, 0.1) is 0 Å². The second-order valence-electron chi connectivity index (χ2n) is 3.16. The summed E-state index contributed by atoms with van der Waals surface area (Å²) < 4.78 is 0. The summed E-state index contributed by atoms with van der Waals surface area (Å²) in [6.07, 6.45) is 0. The number of nitrogens with zero attached hydrogens (tertiary/aromatic N) is 1. The molecule has 1 rings (SSSR count). The molecule has 76 valence electrons. The van der Waals surface area contributed by atoms with Crippen molar-refractivity contribution >= 4 is 11.6 Å². The number of hydrogen-bond donors (Lipinski definition) is 2. The number of carbonyl (C=O) groups excluding carboxylic acids is 1. The van der Waals surface area contributed by atoms with Crippen LogP contribution in [0.25, 0.3) is 0 Å². The number of anilines is 1. The van der Waals surface area contributed by atoms with E-state index in [1.54, 1.807) is 19.0 Å². The second-order valence-corrected chi connectivity index (χ2v) is 3.16. The molecule has 1 amide bonds. The molecule has 0 fully saturated rings. The first-order chi connectivity index (χ1) is 6.61. The van der Waals surface area contributed by atoms with Crippen molar-refractivity contribution in [2.75, 3.05) is 12.1 Å². The van der Waals surface area contributed by atoms with Crippen LogP contribution in [0.4, 0.5) is 5.69 Å². The van der Waals surface area contributed by atoms with Gasteiger partial charge in [-0.1, -0.05) is 18.2 Å². The van der Waals surface area contributed by atoms with Gasteiger partial charge in [0, 0.05) is 7.05 Å². The minimum atomic E-state index is -0.499. The number of nitrogens with two attached hydrogens (primary N) is 1. The molecule has 4 heteroatoms. The fourth-order valence-electron chi connectivity index (χ4n) is 0.983. The molecule has 0 aromatic heterocycles. The molecule has 0 spiro atoms. The van der Waals surface area contributed by atoms with Gasteiger partial charge >= 0.3 is 0 Å². The van der Waals surface area contributed by atoms with Gasteiger partial charge in [0.1, 0.15) is 0 Å². The van der Waals surface area contributed by atoms with Gasteiger partial charge in [0.15, 0.2) is 0 Å². The Morgan fingerprint density at radius 1 is 1.43 bits per heavy atom. The number of hydrogen-bond acceptors (Lipinski definition) is 3. The maximum Gasteiger partial charge on any atom is 0.255 e. The van der Waals surface area contributed by atoms with Gasteiger partial charge in [-0.2, -0.15) is 0 Å². The molecule has 0 aliphatic rings. The van der Waals surface area contributed by atoms with Gasteiger partial charge in [0.25, 0.3) is 5.91 Å². The van der Waals surface area contributed by atoms with E-state index in [0.717, 1.165) is 5.69 Å². The van der Waals surface area contributed by atoms with Crippen molar-refractivity contribution in [3.63, 3.8) is 0 Å². The number of nitrogens with one attached hydrogen (secondary N) is 1. The highest BCUT2D eigenvalue weighted by Gasteiger charge is 2.09. The molecule has 0 saturated carbocycles. The zero-order valence-corrected chi connectivity index (χ0v) is 8.40. The van der Waals surface area contributed by atoms with Gasteiger partial charge < -0.3 is 5.73 Å². The molecule has 0 saturated heterocycles. The summed E-state index contributed by atoms with van der Waals surface area (Å²) in [5.41, 5.74) is 9.01. The first-order valence-corrected chi connectivity index (χ1v) is 4.46. The van der Waals surface area contributed by atoms with Crippen LogP contribution in [0.3, 0.4) is 0 Å². The third-order valence-corrected chi connectivity index (χ3v) is 1.83. The monoisotopic (exact) mass is 193 g/mol. The van der Waals surface area contributed by atoms with Crippen LogP contribution in [0.2, 0.25) is 0 Å². The Morgan fingerprint density at radius 2 is 2.00 bits per heavy atom. The van der Waals surface area contributed by atoms with E-state index in [1.165, 1.54) is 0 Å². The zero-order chi connectivity index (χ0) is 10.6. The van der Waals surface area contributed by atoms with Gasteiger partial charge in [-0.05, 0) is 19.1 Å². The topological polar surface area (TPSA) is 58.4 Å². The predicted octanol–water partition coefficient (Wildman–Crippen LogP) is 0.501. The van der Waals surface area contributed by atoms with Crippen molar-refractivity contribution < 1.29 is 4.79 Å². The Kier molecular flexibility index (Phi) is 3.48. The molecule has 3 N–H and O–H groups in total.